The Morgan fingerprint density at radius 2 is 1.90 bits per heavy atom. The molecule has 2 amide bonds. The first kappa shape index (κ1) is 22.3. The second-order valence-electron chi connectivity index (χ2n) is 7.64. The van der Waals surface area contributed by atoms with Crippen LogP contribution in [0.25, 0.3) is 0 Å². The highest BCUT2D eigenvalue weighted by Gasteiger charge is 2.32. The Morgan fingerprint density at radius 3 is 2.52 bits per heavy atom. The van der Waals surface area contributed by atoms with Crippen molar-refractivity contribution in [1.29, 1.82) is 0 Å². The van der Waals surface area contributed by atoms with Crippen molar-refractivity contribution in [1.82, 2.24) is 10.2 Å². The number of hydrogen-bond donors (Lipinski definition) is 1. The Bertz CT molecular complexity index is 754. The van der Waals surface area contributed by atoms with Gasteiger partial charge in [0.05, 0.1) is 13.2 Å². The number of carbonyl (C=O) groups excluding carboxylic acids is 3. The van der Waals surface area contributed by atoms with Crippen LogP contribution in [0.5, 0.6) is 0 Å². The maximum absolute atomic E-state index is 12.4. The smallest absolute Gasteiger partial charge is 0.412 e. The zero-order valence-corrected chi connectivity index (χ0v) is 17.3. The Balaban J connectivity index is 2.06. The fraction of sp³-hybridized carbons (Fsp3) is 0.476. The van der Waals surface area contributed by atoms with E-state index in [0.29, 0.717) is 13.0 Å². The molecule has 0 aliphatic carbocycles. The molecule has 1 aromatic rings. The lowest BCUT2D eigenvalue weighted by Gasteiger charge is -2.27. The molecule has 1 aliphatic heterocycles. The van der Waals surface area contributed by atoms with Gasteiger partial charge >= 0.3 is 18.2 Å². The molecule has 0 bridgehead atoms. The summed E-state index contributed by atoms with van der Waals surface area (Å²) in [7, 11) is 1.22. The molecule has 29 heavy (non-hydrogen) atoms. The van der Waals surface area contributed by atoms with Gasteiger partial charge in [0.1, 0.15) is 17.9 Å². The van der Waals surface area contributed by atoms with Gasteiger partial charge in [-0.3, -0.25) is 5.32 Å². The summed E-state index contributed by atoms with van der Waals surface area (Å²) in [4.78, 5) is 38.2. The number of ether oxygens (including phenoxy) is 3. The molecule has 8 nitrogen and oxygen atoms in total. The van der Waals surface area contributed by atoms with Crippen LogP contribution in [0, 0.1) is 0 Å². The minimum atomic E-state index is -0.785. The molecule has 2 rings (SSSR count). The van der Waals surface area contributed by atoms with Crippen LogP contribution in [0.3, 0.4) is 0 Å². The first-order valence-corrected chi connectivity index (χ1v) is 9.47. The summed E-state index contributed by atoms with van der Waals surface area (Å²) in [6.45, 7) is 5.93. The standard InChI is InChI=1S/C21H28N2O6/c1-21(2,3)29-20(26)23-12-8-11-16(23)13-17(18(24)27-4)22-19(25)28-14-15-9-6-5-7-10-15/h5-7,9-10,13,16H,8,11-12,14H2,1-4H3,(H,22,25)/t16-/m0/s1. The summed E-state index contributed by atoms with van der Waals surface area (Å²) in [5.41, 5.74) is 0.114. The second-order valence-corrected chi connectivity index (χ2v) is 7.64. The van der Waals surface area contributed by atoms with E-state index in [1.807, 2.05) is 30.3 Å². The lowest BCUT2D eigenvalue weighted by atomic mass is 10.2. The third kappa shape index (κ3) is 7.14. The van der Waals surface area contributed by atoms with Crippen molar-refractivity contribution in [3.05, 3.63) is 47.7 Å². The van der Waals surface area contributed by atoms with Crippen LogP contribution in [0.1, 0.15) is 39.2 Å². The topological polar surface area (TPSA) is 94.2 Å². The van der Waals surface area contributed by atoms with Crippen LogP contribution in [0.2, 0.25) is 0 Å². The summed E-state index contributed by atoms with van der Waals surface area (Å²) in [5, 5.41) is 2.42. The van der Waals surface area contributed by atoms with E-state index in [9.17, 15) is 14.4 Å². The van der Waals surface area contributed by atoms with Gasteiger partial charge in [-0.2, -0.15) is 0 Å². The van der Waals surface area contributed by atoms with Gasteiger partial charge in [-0.15, -0.1) is 0 Å². The van der Waals surface area contributed by atoms with Crippen LogP contribution in [0.15, 0.2) is 42.1 Å². The number of nitrogens with zero attached hydrogens (tertiary/aromatic N) is 1. The van der Waals surface area contributed by atoms with E-state index in [4.69, 9.17) is 14.2 Å². The number of carbonyl (C=O) groups is 3. The number of esters is 1. The maximum atomic E-state index is 12.4. The highest BCUT2D eigenvalue weighted by Crippen LogP contribution is 2.22. The molecule has 1 aliphatic rings. The number of likely N-dealkylation sites (tertiary alicyclic amines) is 1. The van der Waals surface area contributed by atoms with Gasteiger partial charge in [0, 0.05) is 6.54 Å². The molecule has 0 aromatic heterocycles. The molecule has 1 atom stereocenters. The van der Waals surface area contributed by atoms with Crippen LogP contribution >= 0.6 is 0 Å². The molecule has 0 unspecified atom stereocenters. The molecule has 0 saturated carbocycles. The van der Waals surface area contributed by atoms with Gasteiger partial charge in [-0.1, -0.05) is 30.3 Å². The number of rotatable bonds is 5. The van der Waals surface area contributed by atoms with Crippen molar-refractivity contribution in [3.63, 3.8) is 0 Å². The zero-order chi connectivity index (χ0) is 21.4. The van der Waals surface area contributed by atoms with Crippen molar-refractivity contribution in [2.45, 2.75) is 51.9 Å². The largest absolute Gasteiger partial charge is 0.464 e. The number of hydrogen-bond acceptors (Lipinski definition) is 6. The minimum absolute atomic E-state index is 0.0641. The van der Waals surface area contributed by atoms with Crippen LogP contribution in [0.4, 0.5) is 9.59 Å². The number of benzene rings is 1. The fourth-order valence-corrected chi connectivity index (χ4v) is 2.85. The van der Waals surface area contributed by atoms with E-state index >= 15 is 0 Å². The predicted molar refractivity (Wildman–Crippen MR) is 106 cm³/mol. The molecule has 1 aromatic carbocycles. The summed E-state index contributed by atoms with van der Waals surface area (Å²) in [6, 6.07) is 8.78. The van der Waals surface area contributed by atoms with Crippen molar-refractivity contribution in [2.75, 3.05) is 13.7 Å². The van der Waals surface area contributed by atoms with E-state index in [-0.39, 0.29) is 12.3 Å². The quantitative estimate of drug-likeness (QED) is 0.459. The molecule has 1 N–H and O–H groups in total. The molecule has 1 saturated heterocycles. The van der Waals surface area contributed by atoms with E-state index in [1.54, 1.807) is 20.8 Å². The minimum Gasteiger partial charge on any atom is -0.464 e. The van der Waals surface area contributed by atoms with Gasteiger partial charge in [0.25, 0.3) is 0 Å². The first-order valence-electron chi connectivity index (χ1n) is 9.47. The molecule has 0 spiro atoms. The van der Waals surface area contributed by atoms with E-state index in [0.717, 1.165) is 12.0 Å². The Kier molecular flexibility index (Phi) is 7.64. The average Bonchev–Trinajstić information content (AvgIpc) is 3.13. The zero-order valence-electron chi connectivity index (χ0n) is 17.3. The summed E-state index contributed by atoms with van der Waals surface area (Å²) < 4.78 is 15.3. The van der Waals surface area contributed by atoms with Gasteiger partial charge < -0.3 is 19.1 Å². The average molecular weight is 404 g/mol. The van der Waals surface area contributed by atoms with Crippen LogP contribution in [-0.4, -0.2) is 48.4 Å². The molecular formula is C21H28N2O6. The highest BCUT2D eigenvalue weighted by atomic mass is 16.6. The molecule has 1 heterocycles. The highest BCUT2D eigenvalue weighted by molar-refractivity contribution is 5.92. The van der Waals surface area contributed by atoms with E-state index < -0.39 is 29.8 Å². The van der Waals surface area contributed by atoms with Gasteiger partial charge in [0.2, 0.25) is 0 Å². The number of alkyl carbamates (subject to hydrolysis) is 1. The molecule has 158 valence electrons. The summed E-state index contributed by atoms with van der Waals surface area (Å²) >= 11 is 0. The lowest BCUT2D eigenvalue weighted by molar-refractivity contribution is -0.136. The lowest BCUT2D eigenvalue weighted by Crippen LogP contribution is -2.40. The van der Waals surface area contributed by atoms with Crippen LogP contribution in [-0.2, 0) is 25.6 Å². The SMILES string of the molecule is COC(=O)C(=C[C@@H]1CCCN1C(=O)OC(C)(C)C)NC(=O)OCc1ccccc1. The van der Waals surface area contributed by atoms with Crippen molar-refractivity contribution >= 4 is 18.2 Å². The first-order chi connectivity index (χ1) is 13.7. The second kappa shape index (κ2) is 9.95. The Labute approximate surface area is 170 Å². The fourth-order valence-electron chi connectivity index (χ4n) is 2.85. The van der Waals surface area contributed by atoms with Crippen molar-refractivity contribution in [3.8, 4) is 0 Å². The van der Waals surface area contributed by atoms with Gasteiger partial charge in [0.15, 0.2) is 0 Å². The normalized spacial score (nSPS) is 16.9. The van der Waals surface area contributed by atoms with Crippen molar-refractivity contribution < 1.29 is 28.6 Å². The maximum Gasteiger partial charge on any atom is 0.412 e. The third-order valence-corrected chi connectivity index (χ3v) is 4.14. The number of methoxy groups -OCH3 is 1. The van der Waals surface area contributed by atoms with E-state index in [2.05, 4.69) is 5.32 Å². The summed E-state index contributed by atoms with van der Waals surface area (Å²) in [5.74, 6) is -0.724. The molecule has 8 heteroatoms. The predicted octanol–water partition coefficient (Wildman–Crippen LogP) is 3.37. The van der Waals surface area contributed by atoms with Crippen LogP contribution < -0.4 is 5.32 Å². The Morgan fingerprint density at radius 1 is 1.21 bits per heavy atom. The summed E-state index contributed by atoms with van der Waals surface area (Å²) in [6.07, 6.45) is 1.65. The van der Waals surface area contributed by atoms with Gasteiger partial charge in [-0.05, 0) is 45.3 Å². The Hall–Kier alpha value is -3.03. The molecular weight excluding hydrogens is 376 g/mol. The van der Waals surface area contributed by atoms with Crippen molar-refractivity contribution in [2.24, 2.45) is 0 Å². The van der Waals surface area contributed by atoms with E-state index in [1.165, 1.54) is 18.1 Å². The third-order valence-electron chi connectivity index (χ3n) is 4.14. The monoisotopic (exact) mass is 404 g/mol. The molecule has 1 fully saturated rings. The molecule has 0 radical (unpaired) electrons. The number of amides is 2. The van der Waals surface area contributed by atoms with Gasteiger partial charge in [-0.25, -0.2) is 14.4 Å². The number of nitrogens with one attached hydrogen (secondary N) is 1.